The van der Waals surface area contributed by atoms with Crippen LogP contribution in [0.4, 0.5) is 0 Å². The summed E-state index contributed by atoms with van der Waals surface area (Å²) in [6.45, 7) is 8.10. The Hall–Kier alpha value is -0.870. The quantitative estimate of drug-likeness (QED) is 0.666. The zero-order valence-electron chi connectivity index (χ0n) is 10.2. The zero-order chi connectivity index (χ0) is 12.0. The van der Waals surface area contributed by atoms with Gasteiger partial charge in [0.05, 0.1) is 0 Å². The van der Waals surface area contributed by atoms with E-state index in [1.807, 2.05) is 6.92 Å². The number of nitrogens with one attached hydrogen (secondary N) is 1. The standard InChI is InChI=1S/C12H22N2O2/c1-10(7-12(15)16)8-13-11(2)9-14-5-3-4-6-14/h7,11,13H,3-6,8-9H2,1-2H3,(H,15,16). The van der Waals surface area contributed by atoms with Gasteiger partial charge in [-0.15, -0.1) is 0 Å². The van der Waals surface area contributed by atoms with Gasteiger partial charge in [-0.05, 0) is 39.8 Å². The highest BCUT2D eigenvalue weighted by Crippen LogP contribution is 2.07. The van der Waals surface area contributed by atoms with E-state index in [2.05, 4.69) is 17.1 Å². The van der Waals surface area contributed by atoms with Crippen LogP contribution in [0.1, 0.15) is 26.7 Å². The normalized spacial score (nSPS) is 20.0. The molecule has 1 rings (SSSR count). The zero-order valence-corrected chi connectivity index (χ0v) is 10.2. The minimum Gasteiger partial charge on any atom is -0.478 e. The molecule has 1 unspecified atom stereocenters. The number of rotatable bonds is 6. The summed E-state index contributed by atoms with van der Waals surface area (Å²) in [6.07, 6.45) is 3.88. The number of carboxylic acid groups (broad SMARTS) is 1. The molecule has 16 heavy (non-hydrogen) atoms. The van der Waals surface area contributed by atoms with Crippen molar-refractivity contribution in [3.63, 3.8) is 0 Å². The topological polar surface area (TPSA) is 52.6 Å². The number of carbonyl (C=O) groups is 1. The van der Waals surface area contributed by atoms with E-state index >= 15 is 0 Å². The lowest BCUT2D eigenvalue weighted by Gasteiger charge is -2.21. The molecule has 0 aliphatic carbocycles. The maximum Gasteiger partial charge on any atom is 0.328 e. The first-order chi connectivity index (χ1) is 7.58. The molecule has 0 aromatic carbocycles. The lowest BCUT2D eigenvalue weighted by molar-refractivity contribution is -0.131. The van der Waals surface area contributed by atoms with E-state index < -0.39 is 5.97 Å². The first-order valence-corrected chi connectivity index (χ1v) is 5.94. The van der Waals surface area contributed by atoms with Gasteiger partial charge in [-0.25, -0.2) is 4.79 Å². The Morgan fingerprint density at radius 3 is 2.69 bits per heavy atom. The SMILES string of the molecule is CC(=CC(=O)O)CNC(C)CN1CCCC1. The summed E-state index contributed by atoms with van der Waals surface area (Å²) in [5.74, 6) is -0.869. The van der Waals surface area contributed by atoms with Gasteiger partial charge < -0.3 is 15.3 Å². The number of likely N-dealkylation sites (tertiary alicyclic amines) is 1. The van der Waals surface area contributed by atoms with E-state index in [0.29, 0.717) is 12.6 Å². The summed E-state index contributed by atoms with van der Waals surface area (Å²) in [6, 6.07) is 0.412. The molecule has 1 fully saturated rings. The Balaban J connectivity index is 2.18. The Bertz CT molecular complexity index is 258. The Morgan fingerprint density at radius 1 is 1.50 bits per heavy atom. The smallest absolute Gasteiger partial charge is 0.328 e. The molecule has 0 saturated carbocycles. The van der Waals surface area contributed by atoms with Crippen molar-refractivity contribution in [2.45, 2.75) is 32.7 Å². The van der Waals surface area contributed by atoms with Gasteiger partial charge >= 0.3 is 5.97 Å². The van der Waals surface area contributed by atoms with Crippen LogP contribution in [0.15, 0.2) is 11.6 Å². The summed E-state index contributed by atoms with van der Waals surface area (Å²) in [5, 5.41) is 11.9. The first kappa shape index (κ1) is 13.2. The van der Waals surface area contributed by atoms with Crippen LogP contribution in [0.25, 0.3) is 0 Å². The fourth-order valence-electron chi connectivity index (χ4n) is 2.01. The van der Waals surface area contributed by atoms with Crippen molar-refractivity contribution in [3.05, 3.63) is 11.6 Å². The van der Waals surface area contributed by atoms with Crippen LogP contribution < -0.4 is 5.32 Å². The van der Waals surface area contributed by atoms with Crippen molar-refractivity contribution >= 4 is 5.97 Å². The molecule has 4 nitrogen and oxygen atoms in total. The molecule has 0 aromatic rings. The Labute approximate surface area is 97.3 Å². The minimum atomic E-state index is -0.869. The first-order valence-electron chi connectivity index (χ1n) is 5.94. The van der Waals surface area contributed by atoms with E-state index in [1.54, 1.807) is 0 Å². The second-order valence-electron chi connectivity index (χ2n) is 4.62. The van der Waals surface area contributed by atoms with Crippen LogP contribution in [-0.4, -0.2) is 48.2 Å². The molecule has 1 saturated heterocycles. The largest absolute Gasteiger partial charge is 0.478 e. The molecule has 1 heterocycles. The number of nitrogens with zero attached hydrogens (tertiary/aromatic N) is 1. The maximum absolute atomic E-state index is 10.4. The molecule has 0 aromatic heterocycles. The van der Waals surface area contributed by atoms with Gasteiger partial charge in [0.25, 0.3) is 0 Å². The number of hydrogen-bond donors (Lipinski definition) is 2. The van der Waals surface area contributed by atoms with Gasteiger partial charge in [-0.3, -0.25) is 0 Å². The predicted octanol–water partition coefficient (Wildman–Crippen LogP) is 1.09. The molecule has 0 radical (unpaired) electrons. The van der Waals surface area contributed by atoms with Crippen LogP contribution in [0.3, 0.4) is 0 Å². The molecule has 2 N–H and O–H groups in total. The van der Waals surface area contributed by atoms with E-state index in [1.165, 1.54) is 32.0 Å². The third-order valence-corrected chi connectivity index (χ3v) is 2.83. The average molecular weight is 226 g/mol. The van der Waals surface area contributed by atoms with Crippen LogP contribution in [0.5, 0.6) is 0 Å². The van der Waals surface area contributed by atoms with Crippen LogP contribution in [0.2, 0.25) is 0 Å². The van der Waals surface area contributed by atoms with Crippen molar-refractivity contribution in [2.24, 2.45) is 0 Å². The molecule has 0 spiro atoms. The summed E-state index contributed by atoms with van der Waals surface area (Å²) in [4.78, 5) is 12.9. The minimum absolute atomic E-state index is 0.412. The van der Waals surface area contributed by atoms with Gasteiger partial charge in [0.2, 0.25) is 0 Å². The van der Waals surface area contributed by atoms with Crippen LogP contribution in [0, 0.1) is 0 Å². The molecule has 0 bridgehead atoms. The third kappa shape index (κ3) is 5.28. The molecule has 1 aliphatic rings. The second-order valence-corrected chi connectivity index (χ2v) is 4.62. The molecule has 0 amide bonds. The van der Waals surface area contributed by atoms with Gasteiger partial charge in [-0.2, -0.15) is 0 Å². The molecule has 1 atom stereocenters. The summed E-state index contributed by atoms with van der Waals surface area (Å²) in [5.41, 5.74) is 0.862. The summed E-state index contributed by atoms with van der Waals surface area (Å²) < 4.78 is 0. The van der Waals surface area contributed by atoms with Gasteiger partial charge in [-0.1, -0.05) is 5.57 Å². The maximum atomic E-state index is 10.4. The molecular weight excluding hydrogens is 204 g/mol. The van der Waals surface area contributed by atoms with Gasteiger partial charge in [0.1, 0.15) is 0 Å². The number of hydrogen-bond acceptors (Lipinski definition) is 3. The lowest BCUT2D eigenvalue weighted by Crippen LogP contribution is -2.38. The van der Waals surface area contributed by atoms with Crippen molar-refractivity contribution in [2.75, 3.05) is 26.2 Å². The van der Waals surface area contributed by atoms with E-state index in [-0.39, 0.29) is 0 Å². The fraction of sp³-hybridized carbons (Fsp3) is 0.750. The average Bonchev–Trinajstić information content (AvgIpc) is 2.66. The van der Waals surface area contributed by atoms with Gasteiger partial charge in [0, 0.05) is 25.2 Å². The predicted molar refractivity (Wildman–Crippen MR) is 64.5 cm³/mol. The monoisotopic (exact) mass is 226 g/mol. The number of aliphatic carboxylic acids is 1. The van der Waals surface area contributed by atoms with Crippen LogP contribution >= 0.6 is 0 Å². The summed E-state index contributed by atoms with van der Waals surface area (Å²) >= 11 is 0. The van der Waals surface area contributed by atoms with Crippen molar-refractivity contribution < 1.29 is 9.90 Å². The van der Waals surface area contributed by atoms with Crippen molar-refractivity contribution in [3.8, 4) is 0 Å². The van der Waals surface area contributed by atoms with Crippen LogP contribution in [-0.2, 0) is 4.79 Å². The second kappa shape index (κ2) is 6.66. The Kier molecular flexibility index (Phi) is 5.49. The van der Waals surface area contributed by atoms with Crippen molar-refractivity contribution in [1.82, 2.24) is 10.2 Å². The highest BCUT2D eigenvalue weighted by molar-refractivity contribution is 5.80. The third-order valence-electron chi connectivity index (χ3n) is 2.83. The van der Waals surface area contributed by atoms with E-state index in [4.69, 9.17) is 5.11 Å². The molecule has 1 aliphatic heterocycles. The number of carboxylic acids is 1. The summed E-state index contributed by atoms with van der Waals surface area (Å²) in [7, 11) is 0. The molecule has 4 heteroatoms. The Morgan fingerprint density at radius 2 is 2.12 bits per heavy atom. The molecular formula is C12H22N2O2. The van der Waals surface area contributed by atoms with Crippen molar-refractivity contribution in [1.29, 1.82) is 0 Å². The highest BCUT2D eigenvalue weighted by atomic mass is 16.4. The lowest BCUT2D eigenvalue weighted by atomic mass is 10.2. The van der Waals surface area contributed by atoms with Gasteiger partial charge in [0.15, 0.2) is 0 Å². The fourth-order valence-corrected chi connectivity index (χ4v) is 2.01. The van der Waals surface area contributed by atoms with E-state index in [0.717, 1.165) is 12.1 Å². The molecule has 92 valence electrons. The highest BCUT2D eigenvalue weighted by Gasteiger charge is 2.13. The van der Waals surface area contributed by atoms with E-state index in [9.17, 15) is 4.79 Å².